The number of sulfonamides is 1. The standard InChI is InChI=1S/C19H17N3O5S2/c23-18(12-2-4-13(5-3-12)22-6-1-9-29(22,24)25)21-19-20-14-10-15-16(11-17(14)28-19)27-8-7-26-15/h2-5,10-11H,1,6-9H2,(H,20,21,23). The summed E-state index contributed by atoms with van der Waals surface area (Å²) in [5.74, 6) is 1.18. The number of thiazole rings is 1. The van der Waals surface area contributed by atoms with Gasteiger partial charge >= 0.3 is 0 Å². The number of nitrogens with one attached hydrogen (secondary N) is 1. The Hall–Kier alpha value is -2.85. The molecule has 0 atom stereocenters. The van der Waals surface area contributed by atoms with Gasteiger partial charge in [-0.05, 0) is 30.7 Å². The number of nitrogens with zero attached hydrogens (tertiary/aromatic N) is 2. The Morgan fingerprint density at radius 2 is 1.83 bits per heavy atom. The molecule has 2 aliphatic heterocycles. The molecule has 3 aromatic rings. The average Bonchev–Trinajstić information content (AvgIpc) is 3.27. The topological polar surface area (TPSA) is 97.8 Å². The summed E-state index contributed by atoms with van der Waals surface area (Å²) in [7, 11) is -3.24. The molecule has 1 fully saturated rings. The van der Waals surface area contributed by atoms with Gasteiger partial charge in [-0.3, -0.25) is 14.4 Å². The van der Waals surface area contributed by atoms with Gasteiger partial charge in [0.1, 0.15) is 13.2 Å². The van der Waals surface area contributed by atoms with Gasteiger partial charge in [0.2, 0.25) is 10.0 Å². The lowest BCUT2D eigenvalue weighted by Crippen LogP contribution is -2.25. The Balaban J connectivity index is 1.35. The third-order valence-electron chi connectivity index (χ3n) is 4.79. The van der Waals surface area contributed by atoms with Crippen molar-refractivity contribution in [3.63, 3.8) is 0 Å². The average molecular weight is 431 g/mol. The van der Waals surface area contributed by atoms with Gasteiger partial charge in [0.05, 0.1) is 21.7 Å². The van der Waals surface area contributed by atoms with Crippen LogP contribution in [0.1, 0.15) is 16.8 Å². The third kappa shape index (κ3) is 3.38. The minimum atomic E-state index is -3.24. The summed E-state index contributed by atoms with van der Waals surface area (Å²) in [6.07, 6.45) is 0.613. The van der Waals surface area contributed by atoms with Crippen molar-refractivity contribution in [3.05, 3.63) is 42.0 Å². The molecule has 3 heterocycles. The summed E-state index contributed by atoms with van der Waals surface area (Å²) in [5, 5.41) is 3.27. The smallest absolute Gasteiger partial charge is 0.257 e. The van der Waals surface area contributed by atoms with Crippen molar-refractivity contribution >= 4 is 48.3 Å². The van der Waals surface area contributed by atoms with Gasteiger partial charge in [0.25, 0.3) is 5.91 Å². The number of aromatic nitrogens is 1. The lowest BCUT2D eigenvalue weighted by Gasteiger charge is -2.17. The van der Waals surface area contributed by atoms with E-state index in [0.717, 1.165) is 10.2 Å². The molecule has 1 aromatic heterocycles. The van der Waals surface area contributed by atoms with Gasteiger partial charge in [0.15, 0.2) is 16.6 Å². The predicted octanol–water partition coefficient (Wildman–Crippen LogP) is 2.86. The zero-order valence-corrected chi connectivity index (χ0v) is 16.9. The maximum absolute atomic E-state index is 12.6. The van der Waals surface area contributed by atoms with Crippen LogP contribution < -0.4 is 19.1 Å². The van der Waals surface area contributed by atoms with Gasteiger partial charge in [0, 0.05) is 24.2 Å². The number of rotatable bonds is 3. The van der Waals surface area contributed by atoms with Gasteiger partial charge in [-0.25, -0.2) is 13.4 Å². The van der Waals surface area contributed by atoms with Crippen molar-refractivity contribution in [2.24, 2.45) is 0 Å². The van der Waals surface area contributed by atoms with Crippen LogP contribution in [0.2, 0.25) is 0 Å². The first-order chi connectivity index (χ1) is 14.0. The fourth-order valence-electron chi connectivity index (χ4n) is 3.40. The maximum atomic E-state index is 12.6. The highest BCUT2D eigenvalue weighted by Gasteiger charge is 2.28. The van der Waals surface area contributed by atoms with Crippen molar-refractivity contribution in [1.82, 2.24) is 4.98 Å². The molecule has 10 heteroatoms. The minimum absolute atomic E-state index is 0.159. The molecule has 1 saturated heterocycles. The number of benzene rings is 2. The maximum Gasteiger partial charge on any atom is 0.257 e. The highest BCUT2D eigenvalue weighted by molar-refractivity contribution is 7.93. The number of carbonyl (C=O) groups is 1. The quantitative estimate of drug-likeness (QED) is 0.685. The van der Waals surface area contributed by atoms with Crippen molar-refractivity contribution < 1.29 is 22.7 Å². The number of anilines is 2. The molecule has 0 saturated carbocycles. The van der Waals surface area contributed by atoms with E-state index < -0.39 is 10.0 Å². The molecule has 0 bridgehead atoms. The molecule has 2 aromatic carbocycles. The van der Waals surface area contributed by atoms with E-state index in [0.29, 0.717) is 54.1 Å². The summed E-state index contributed by atoms with van der Waals surface area (Å²) < 4.78 is 37.5. The third-order valence-corrected chi connectivity index (χ3v) is 7.59. The summed E-state index contributed by atoms with van der Waals surface area (Å²) in [6, 6.07) is 10.2. The Kier molecular flexibility index (Phi) is 4.32. The molecule has 0 aliphatic carbocycles. The van der Waals surface area contributed by atoms with Gasteiger partial charge < -0.3 is 9.47 Å². The van der Waals surface area contributed by atoms with Gasteiger partial charge in [-0.1, -0.05) is 11.3 Å². The van der Waals surface area contributed by atoms with Crippen LogP contribution in [0, 0.1) is 0 Å². The molecule has 150 valence electrons. The lowest BCUT2D eigenvalue weighted by molar-refractivity contribution is 0.102. The number of hydrogen-bond donors (Lipinski definition) is 1. The molecule has 1 amide bonds. The fraction of sp³-hybridized carbons (Fsp3) is 0.263. The zero-order valence-electron chi connectivity index (χ0n) is 15.3. The highest BCUT2D eigenvalue weighted by atomic mass is 32.2. The van der Waals surface area contributed by atoms with Crippen LogP contribution in [0.25, 0.3) is 10.2 Å². The van der Waals surface area contributed by atoms with Crippen LogP contribution in [0.15, 0.2) is 36.4 Å². The van der Waals surface area contributed by atoms with Crippen LogP contribution in [-0.4, -0.2) is 44.8 Å². The van der Waals surface area contributed by atoms with E-state index in [1.54, 1.807) is 30.3 Å². The Morgan fingerprint density at radius 1 is 1.10 bits per heavy atom. The molecule has 1 N–H and O–H groups in total. The normalized spacial score (nSPS) is 17.4. The van der Waals surface area contributed by atoms with Crippen LogP contribution >= 0.6 is 11.3 Å². The second-order valence-electron chi connectivity index (χ2n) is 6.73. The number of amides is 1. The number of hydrogen-bond acceptors (Lipinski definition) is 7. The van der Waals surface area contributed by atoms with Gasteiger partial charge in [-0.15, -0.1) is 0 Å². The van der Waals surface area contributed by atoms with E-state index in [1.165, 1.54) is 15.6 Å². The van der Waals surface area contributed by atoms with E-state index in [1.807, 2.05) is 6.07 Å². The van der Waals surface area contributed by atoms with Crippen molar-refractivity contribution in [3.8, 4) is 11.5 Å². The summed E-state index contributed by atoms with van der Waals surface area (Å²) in [4.78, 5) is 17.0. The van der Waals surface area contributed by atoms with E-state index in [4.69, 9.17) is 9.47 Å². The summed E-state index contributed by atoms with van der Waals surface area (Å²) in [5.41, 5.74) is 1.73. The van der Waals surface area contributed by atoms with E-state index >= 15 is 0 Å². The molecular weight excluding hydrogens is 414 g/mol. The van der Waals surface area contributed by atoms with E-state index in [-0.39, 0.29) is 11.7 Å². The highest BCUT2D eigenvalue weighted by Crippen LogP contribution is 2.38. The summed E-state index contributed by atoms with van der Waals surface area (Å²) >= 11 is 1.35. The van der Waals surface area contributed by atoms with Crippen LogP contribution in [0.3, 0.4) is 0 Å². The molecule has 29 heavy (non-hydrogen) atoms. The first kappa shape index (κ1) is 18.2. The second-order valence-corrected chi connectivity index (χ2v) is 9.77. The van der Waals surface area contributed by atoms with Crippen molar-refractivity contribution in [2.75, 3.05) is 35.1 Å². The van der Waals surface area contributed by atoms with E-state index in [2.05, 4.69) is 10.3 Å². The fourth-order valence-corrected chi connectivity index (χ4v) is 5.83. The van der Waals surface area contributed by atoms with Crippen molar-refractivity contribution in [1.29, 1.82) is 0 Å². The molecule has 0 radical (unpaired) electrons. The molecular formula is C19H17N3O5S2. The molecule has 0 spiro atoms. The number of ether oxygens (including phenoxy) is 2. The zero-order chi connectivity index (χ0) is 20.0. The molecule has 8 nitrogen and oxygen atoms in total. The second kappa shape index (κ2) is 6.89. The molecule has 0 unspecified atom stereocenters. The Labute approximate surface area is 171 Å². The monoisotopic (exact) mass is 431 g/mol. The SMILES string of the molecule is O=C(Nc1nc2cc3c(cc2s1)OCCO3)c1ccc(N2CCCS2(=O)=O)cc1. The lowest BCUT2D eigenvalue weighted by atomic mass is 10.2. The predicted molar refractivity (Wildman–Crippen MR) is 111 cm³/mol. The Bertz CT molecular complexity index is 1160. The van der Waals surface area contributed by atoms with Crippen LogP contribution in [0.5, 0.6) is 11.5 Å². The molecule has 2 aliphatic rings. The van der Waals surface area contributed by atoms with Crippen LogP contribution in [-0.2, 0) is 10.0 Å². The minimum Gasteiger partial charge on any atom is -0.486 e. The van der Waals surface area contributed by atoms with Crippen molar-refractivity contribution in [2.45, 2.75) is 6.42 Å². The van der Waals surface area contributed by atoms with E-state index in [9.17, 15) is 13.2 Å². The number of fused-ring (bicyclic) bond motifs is 2. The summed E-state index contributed by atoms with van der Waals surface area (Å²) in [6.45, 7) is 1.48. The van der Waals surface area contributed by atoms with Gasteiger partial charge in [-0.2, -0.15) is 0 Å². The first-order valence-electron chi connectivity index (χ1n) is 9.12. The first-order valence-corrected chi connectivity index (χ1v) is 11.5. The Morgan fingerprint density at radius 3 is 2.52 bits per heavy atom. The molecule has 5 rings (SSSR count). The number of carbonyl (C=O) groups excluding carboxylic acids is 1. The van der Waals surface area contributed by atoms with Crippen LogP contribution in [0.4, 0.5) is 10.8 Å². The largest absolute Gasteiger partial charge is 0.486 e.